The second-order valence-corrected chi connectivity index (χ2v) is 5.69. The van der Waals surface area contributed by atoms with Gasteiger partial charge in [0.05, 0.1) is 5.60 Å². The molecule has 0 aliphatic heterocycles. The zero-order valence-electron chi connectivity index (χ0n) is 12.0. The molecule has 3 heteroatoms. The lowest BCUT2D eigenvalue weighted by molar-refractivity contribution is -0.157. The fourth-order valence-electron chi connectivity index (χ4n) is 1.80. The van der Waals surface area contributed by atoms with Gasteiger partial charge in [-0.2, -0.15) is 0 Å². The lowest BCUT2D eigenvalue weighted by atomic mass is 9.96. The predicted molar refractivity (Wildman–Crippen MR) is 69.8 cm³/mol. The van der Waals surface area contributed by atoms with Crippen LogP contribution in [0.15, 0.2) is 0 Å². The summed E-state index contributed by atoms with van der Waals surface area (Å²) in [6.07, 6.45) is 4.32. The Bertz CT molecular complexity index is 232. The van der Waals surface area contributed by atoms with E-state index in [4.69, 9.17) is 4.74 Å². The van der Waals surface area contributed by atoms with E-state index in [1.54, 1.807) is 6.92 Å². The number of carbonyl (C=O) groups is 1. The van der Waals surface area contributed by atoms with E-state index in [1.165, 1.54) is 0 Å². The van der Waals surface area contributed by atoms with Gasteiger partial charge in [0.2, 0.25) is 0 Å². The Morgan fingerprint density at radius 1 is 1.18 bits per heavy atom. The third kappa shape index (κ3) is 8.19. The van der Waals surface area contributed by atoms with E-state index >= 15 is 0 Å². The third-order valence-electron chi connectivity index (χ3n) is 3.10. The predicted octanol–water partition coefficient (Wildman–Crippen LogP) is 3.44. The minimum Gasteiger partial charge on any atom is -0.460 e. The molecule has 102 valence electrons. The molecule has 3 nitrogen and oxygen atoms in total. The van der Waals surface area contributed by atoms with Crippen molar-refractivity contribution in [1.82, 2.24) is 0 Å². The lowest BCUT2D eigenvalue weighted by Crippen LogP contribution is -2.28. The molecule has 1 unspecified atom stereocenters. The Hall–Kier alpha value is -0.570. The van der Waals surface area contributed by atoms with Crippen LogP contribution in [0.1, 0.15) is 73.1 Å². The van der Waals surface area contributed by atoms with Crippen molar-refractivity contribution in [2.45, 2.75) is 84.3 Å². The van der Waals surface area contributed by atoms with E-state index in [-0.39, 0.29) is 11.6 Å². The van der Waals surface area contributed by atoms with E-state index in [2.05, 4.69) is 6.92 Å². The first-order valence-electron chi connectivity index (χ1n) is 6.66. The summed E-state index contributed by atoms with van der Waals surface area (Å²) in [4.78, 5) is 11.6. The molecule has 0 heterocycles. The van der Waals surface area contributed by atoms with Crippen molar-refractivity contribution >= 4 is 5.97 Å². The summed E-state index contributed by atoms with van der Waals surface area (Å²) in [6, 6.07) is 0. The summed E-state index contributed by atoms with van der Waals surface area (Å²) in [7, 11) is 0. The van der Waals surface area contributed by atoms with Crippen molar-refractivity contribution in [3.05, 3.63) is 0 Å². The highest BCUT2D eigenvalue weighted by atomic mass is 16.6. The maximum Gasteiger partial charge on any atom is 0.306 e. The van der Waals surface area contributed by atoms with Crippen LogP contribution in [0.2, 0.25) is 0 Å². The van der Waals surface area contributed by atoms with Gasteiger partial charge in [-0.25, -0.2) is 0 Å². The first-order valence-corrected chi connectivity index (χ1v) is 6.66. The van der Waals surface area contributed by atoms with Crippen molar-refractivity contribution in [2.75, 3.05) is 0 Å². The van der Waals surface area contributed by atoms with Gasteiger partial charge in [-0.3, -0.25) is 4.79 Å². The van der Waals surface area contributed by atoms with Crippen LogP contribution in [0.3, 0.4) is 0 Å². The zero-order valence-corrected chi connectivity index (χ0v) is 12.0. The number of rotatable bonds is 8. The van der Waals surface area contributed by atoms with Gasteiger partial charge in [-0.05, 0) is 46.5 Å². The molecule has 0 spiro atoms. The molecule has 17 heavy (non-hydrogen) atoms. The van der Waals surface area contributed by atoms with Crippen molar-refractivity contribution in [3.8, 4) is 0 Å². The Balaban J connectivity index is 3.88. The van der Waals surface area contributed by atoms with Crippen molar-refractivity contribution in [3.63, 3.8) is 0 Å². The molecule has 0 aromatic heterocycles. The van der Waals surface area contributed by atoms with Crippen LogP contribution in [0.5, 0.6) is 0 Å². The van der Waals surface area contributed by atoms with Gasteiger partial charge in [0.1, 0.15) is 5.60 Å². The summed E-state index contributed by atoms with van der Waals surface area (Å²) in [5, 5.41) is 9.80. The SMILES string of the molecule is CCCC(C)(C)OC(=O)CCCC(C)(O)CC. The monoisotopic (exact) mass is 244 g/mol. The van der Waals surface area contributed by atoms with Gasteiger partial charge in [0.15, 0.2) is 0 Å². The molecule has 0 rings (SSSR count). The largest absolute Gasteiger partial charge is 0.460 e. The highest BCUT2D eigenvalue weighted by Crippen LogP contribution is 2.20. The number of carbonyl (C=O) groups excluding carboxylic acids is 1. The molecule has 0 saturated heterocycles. The molecule has 0 fully saturated rings. The summed E-state index contributed by atoms with van der Waals surface area (Å²) in [5.41, 5.74) is -1.02. The quantitative estimate of drug-likeness (QED) is 0.665. The molecule has 1 N–H and O–H groups in total. The van der Waals surface area contributed by atoms with Crippen molar-refractivity contribution < 1.29 is 14.6 Å². The highest BCUT2D eigenvalue weighted by molar-refractivity contribution is 5.69. The Labute approximate surface area is 106 Å². The van der Waals surface area contributed by atoms with Crippen LogP contribution in [0.4, 0.5) is 0 Å². The zero-order chi connectivity index (χ0) is 13.5. The first kappa shape index (κ1) is 16.4. The van der Waals surface area contributed by atoms with Crippen LogP contribution in [-0.4, -0.2) is 22.3 Å². The fourth-order valence-corrected chi connectivity index (χ4v) is 1.80. The third-order valence-corrected chi connectivity index (χ3v) is 3.10. The van der Waals surface area contributed by atoms with Crippen LogP contribution in [0, 0.1) is 0 Å². The summed E-state index contributed by atoms with van der Waals surface area (Å²) in [5.74, 6) is -0.157. The molecule has 0 aliphatic rings. The van der Waals surface area contributed by atoms with Crippen LogP contribution >= 0.6 is 0 Å². The second kappa shape index (κ2) is 7.00. The van der Waals surface area contributed by atoms with E-state index in [0.717, 1.165) is 12.8 Å². The summed E-state index contributed by atoms with van der Waals surface area (Å²) in [6.45, 7) is 9.71. The summed E-state index contributed by atoms with van der Waals surface area (Å²) >= 11 is 0. The van der Waals surface area contributed by atoms with Gasteiger partial charge in [-0.15, -0.1) is 0 Å². The average molecular weight is 244 g/mol. The fraction of sp³-hybridized carbons (Fsp3) is 0.929. The van der Waals surface area contributed by atoms with E-state index < -0.39 is 5.60 Å². The number of ether oxygens (including phenoxy) is 1. The lowest BCUT2D eigenvalue weighted by Gasteiger charge is -2.25. The Morgan fingerprint density at radius 2 is 1.76 bits per heavy atom. The molecule has 0 aromatic rings. The standard InChI is InChI=1S/C14H28O3/c1-6-10-13(3,4)17-12(15)9-8-11-14(5,16)7-2/h16H,6-11H2,1-5H3. The smallest absolute Gasteiger partial charge is 0.306 e. The number of hydrogen-bond acceptors (Lipinski definition) is 3. The maximum absolute atomic E-state index is 11.6. The Kier molecular flexibility index (Phi) is 6.76. The van der Waals surface area contributed by atoms with Crippen LogP contribution in [-0.2, 0) is 9.53 Å². The second-order valence-electron chi connectivity index (χ2n) is 5.69. The molecule has 0 saturated carbocycles. The average Bonchev–Trinajstić information content (AvgIpc) is 2.16. The van der Waals surface area contributed by atoms with E-state index in [1.807, 2.05) is 20.8 Å². The number of aliphatic hydroxyl groups is 1. The summed E-state index contributed by atoms with van der Waals surface area (Å²) < 4.78 is 5.41. The van der Waals surface area contributed by atoms with Gasteiger partial charge in [0.25, 0.3) is 0 Å². The molecule has 0 aliphatic carbocycles. The van der Waals surface area contributed by atoms with Gasteiger partial charge >= 0.3 is 5.97 Å². The van der Waals surface area contributed by atoms with Gasteiger partial charge < -0.3 is 9.84 Å². The number of hydrogen-bond donors (Lipinski definition) is 1. The normalized spacial score (nSPS) is 15.4. The minimum atomic E-state index is -0.654. The van der Waals surface area contributed by atoms with Crippen LogP contribution in [0.25, 0.3) is 0 Å². The Morgan fingerprint density at radius 3 is 2.24 bits per heavy atom. The first-order chi connectivity index (χ1) is 7.72. The van der Waals surface area contributed by atoms with Gasteiger partial charge in [0, 0.05) is 6.42 Å². The minimum absolute atomic E-state index is 0.157. The van der Waals surface area contributed by atoms with Crippen molar-refractivity contribution in [1.29, 1.82) is 0 Å². The molecule has 0 aromatic carbocycles. The number of esters is 1. The maximum atomic E-state index is 11.6. The van der Waals surface area contributed by atoms with Crippen molar-refractivity contribution in [2.24, 2.45) is 0 Å². The molecular weight excluding hydrogens is 216 g/mol. The molecule has 0 bridgehead atoms. The van der Waals surface area contributed by atoms with Gasteiger partial charge in [-0.1, -0.05) is 20.3 Å². The highest BCUT2D eigenvalue weighted by Gasteiger charge is 2.22. The molecular formula is C14H28O3. The topological polar surface area (TPSA) is 46.5 Å². The van der Waals surface area contributed by atoms with Crippen LogP contribution < -0.4 is 0 Å². The van der Waals surface area contributed by atoms with E-state index in [0.29, 0.717) is 25.7 Å². The molecule has 0 amide bonds. The van der Waals surface area contributed by atoms with E-state index in [9.17, 15) is 9.90 Å². The molecule has 0 radical (unpaired) electrons. The molecule has 1 atom stereocenters.